The molecule has 1 fully saturated rings. The number of benzene rings is 1. The van der Waals surface area contributed by atoms with Crippen LogP contribution in [0.15, 0.2) is 30.3 Å². The maximum absolute atomic E-state index is 5.68. The van der Waals surface area contributed by atoms with E-state index in [0.717, 1.165) is 36.6 Å². The number of hydrogen-bond acceptors (Lipinski definition) is 2. The lowest BCUT2D eigenvalue weighted by Crippen LogP contribution is -2.23. The van der Waals surface area contributed by atoms with Gasteiger partial charge in [-0.1, -0.05) is 34.1 Å². The smallest absolute Gasteiger partial charge is 0.119 e. The third kappa shape index (κ3) is 4.32. The van der Waals surface area contributed by atoms with Crippen LogP contribution in [0.5, 0.6) is 5.75 Å². The van der Waals surface area contributed by atoms with Crippen molar-refractivity contribution in [2.75, 3.05) is 31.6 Å². The van der Waals surface area contributed by atoms with E-state index in [1.165, 1.54) is 19.5 Å². The van der Waals surface area contributed by atoms with E-state index in [1.54, 1.807) is 0 Å². The summed E-state index contributed by atoms with van der Waals surface area (Å²) in [7, 11) is 0. The monoisotopic (exact) mass is 297 g/mol. The van der Waals surface area contributed by atoms with Gasteiger partial charge in [0.15, 0.2) is 0 Å². The van der Waals surface area contributed by atoms with Crippen molar-refractivity contribution in [1.82, 2.24) is 4.90 Å². The lowest BCUT2D eigenvalue weighted by molar-refractivity contribution is 0.260. The predicted octanol–water partition coefficient (Wildman–Crippen LogP) is 3.17. The van der Waals surface area contributed by atoms with Crippen molar-refractivity contribution in [3.05, 3.63) is 30.3 Å². The van der Waals surface area contributed by atoms with Crippen LogP contribution in [0.3, 0.4) is 0 Å². The molecule has 0 aliphatic carbocycles. The minimum atomic E-state index is 0.819. The highest BCUT2D eigenvalue weighted by Gasteiger charge is 2.20. The molecule has 3 heteroatoms. The highest BCUT2D eigenvalue weighted by Crippen LogP contribution is 2.18. The second-order valence-corrected chi connectivity index (χ2v) is 5.27. The van der Waals surface area contributed by atoms with Crippen LogP contribution in [0, 0.1) is 5.92 Å². The van der Waals surface area contributed by atoms with Crippen LogP contribution >= 0.6 is 15.9 Å². The maximum Gasteiger partial charge on any atom is 0.119 e. The van der Waals surface area contributed by atoms with Crippen molar-refractivity contribution in [3.8, 4) is 5.75 Å². The maximum atomic E-state index is 5.68. The highest BCUT2D eigenvalue weighted by molar-refractivity contribution is 9.09. The van der Waals surface area contributed by atoms with Crippen molar-refractivity contribution >= 4 is 15.9 Å². The van der Waals surface area contributed by atoms with Gasteiger partial charge in [-0.05, 0) is 37.4 Å². The second kappa shape index (κ2) is 7.02. The summed E-state index contributed by atoms with van der Waals surface area (Å²) in [6.07, 6.45) is 2.45. The molecular formula is C14H20BrNO. The zero-order valence-electron chi connectivity index (χ0n) is 10.1. The van der Waals surface area contributed by atoms with E-state index in [2.05, 4.69) is 20.8 Å². The number of ether oxygens (including phenoxy) is 1. The lowest BCUT2D eigenvalue weighted by atomic mass is 10.2. The van der Waals surface area contributed by atoms with Crippen molar-refractivity contribution in [3.63, 3.8) is 0 Å². The molecule has 94 valence electrons. The fourth-order valence-electron chi connectivity index (χ4n) is 2.24. The van der Waals surface area contributed by atoms with E-state index in [9.17, 15) is 0 Å². The van der Waals surface area contributed by atoms with Gasteiger partial charge in [-0.3, -0.25) is 0 Å². The Morgan fingerprint density at radius 2 is 2.12 bits per heavy atom. The van der Waals surface area contributed by atoms with E-state index in [4.69, 9.17) is 4.74 Å². The van der Waals surface area contributed by atoms with Gasteiger partial charge >= 0.3 is 0 Å². The molecule has 0 amide bonds. The van der Waals surface area contributed by atoms with Gasteiger partial charge in [-0.25, -0.2) is 0 Å². The summed E-state index contributed by atoms with van der Waals surface area (Å²) in [6.45, 7) is 4.48. The van der Waals surface area contributed by atoms with Crippen LogP contribution in [0.2, 0.25) is 0 Å². The lowest BCUT2D eigenvalue weighted by Gasteiger charge is -2.15. The zero-order chi connectivity index (χ0) is 11.9. The normalized spacial score (nSPS) is 20.6. The third-order valence-corrected chi connectivity index (χ3v) is 4.13. The van der Waals surface area contributed by atoms with Crippen molar-refractivity contribution in [2.45, 2.75) is 12.8 Å². The number of alkyl halides is 1. The number of nitrogens with zero attached hydrogens (tertiary/aromatic N) is 1. The van der Waals surface area contributed by atoms with Gasteiger partial charge in [0.05, 0.1) is 6.61 Å². The summed E-state index contributed by atoms with van der Waals surface area (Å²) in [5.74, 6) is 1.83. The molecule has 0 N–H and O–H groups in total. The number of rotatable bonds is 6. The Balaban J connectivity index is 1.58. The molecule has 0 aromatic heterocycles. The molecule has 1 unspecified atom stereocenters. The molecule has 17 heavy (non-hydrogen) atoms. The summed E-state index contributed by atoms with van der Waals surface area (Å²) in [6, 6.07) is 10.1. The number of hydrogen-bond donors (Lipinski definition) is 0. The molecule has 1 saturated heterocycles. The van der Waals surface area contributed by atoms with E-state index in [-0.39, 0.29) is 0 Å². The minimum absolute atomic E-state index is 0.819. The third-order valence-electron chi connectivity index (χ3n) is 3.22. The molecule has 2 rings (SSSR count). The molecule has 0 spiro atoms. The second-order valence-electron chi connectivity index (χ2n) is 4.62. The molecule has 1 aliphatic rings. The van der Waals surface area contributed by atoms with Crippen LogP contribution < -0.4 is 4.74 Å². The van der Waals surface area contributed by atoms with Gasteiger partial charge in [-0.15, -0.1) is 0 Å². The zero-order valence-corrected chi connectivity index (χ0v) is 11.7. The molecule has 0 bridgehead atoms. The SMILES string of the molecule is BrCC1CCN(CCCOc2ccccc2)C1. The molecule has 0 saturated carbocycles. The first-order chi connectivity index (χ1) is 8.38. The summed E-state index contributed by atoms with van der Waals surface area (Å²) in [5.41, 5.74) is 0. The Kier molecular flexibility index (Phi) is 5.33. The Labute approximate surface area is 112 Å². The van der Waals surface area contributed by atoms with E-state index in [1.807, 2.05) is 30.3 Å². The fraction of sp³-hybridized carbons (Fsp3) is 0.571. The van der Waals surface area contributed by atoms with Crippen LogP contribution in [0.25, 0.3) is 0 Å². The number of halogens is 1. The average Bonchev–Trinajstić information content (AvgIpc) is 2.84. The van der Waals surface area contributed by atoms with Gasteiger partial charge in [0, 0.05) is 18.4 Å². The summed E-state index contributed by atoms with van der Waals surface area (Å²) >= 11 is 3.56. The van der Waals surface area contributed by atoms with Crippen LogP contribution in [0.4, 0.5) is 0 Å². The van der Waals surface area contributed by atoms with Crippen molar-refractivity contribution < 1.29 is 4.74 Å². The van der Waals surface area contributed by atoms with Gasteiger partial charge < -0.3 is 9.64 Å². The molecule has 1 aliphatic heterocycles. The molecule has 1 heterocycles. The van der Waals surface area contributed by atoms with E-state index >= 15 is 0 Å². The van der Waals surface area contributed by atoms with Gasteiger partial charge in [0.1, 0.15) is 5.75 Å². The molecular weight excluding hydrogens is 278 g/mol. The molecule has 1 aromatic rings. The van der Waals surface area contributed by atoms with E-state index < -0.39 is 0 Å². The molecule has 1 atom stereocenters. The highest BCUT2D eigenvalue weighted by atomic mass is 79.9. The number of para-hydroxylation sites is 1. The van der Waals surface area contributed by atoms with Gasteiger partial charge in [0.2, 0.25) is 0 Å². The molecule has 0 radical (unpaired) electrons. The van der Waals surface area contributed by atoms with Crippen LogP contribution in [-0.2, 0) is 0 Å². The standard InChI is InChI=1S/C14H20BrNO/c15-11-13-7-9-16(12-13)8-4-10-17-14-5-2-1-3-6-14/h1-3,5-6,13H,4,7-12H2. The minimum Gasteiger partial charge on any atom is -0.494 e. The largest absolute Gasteiger partial charge is 0.494 e. The van der Waals surface area contributed by atoms with Gasteiger partial charge in [-0.2, -0.15) is 0 Å². The quantitative estimate of drug-likeness (QED) is 0.591. The van der Waals surface area contributed by atoms with Gasteiger partial charge in [0.25, 0.3) is 0 Å². The Bertz CT molecular complexity index is 317. The predicted molar refractivity (Wildman–Crippen MR) is 74.9 cm³/mol. The first-order valence-corrected chi connectivity index (χ1v) is 7.47. The Morgan fingerprint density at radius 1 is 1.29 bits per heavy atom. The number of likely N-dealkylation sites (tertiary alicyclic amines) is 1. The van der Waals surface area contributed by atoms with E-state index in [0.29, 0.717) is 0 Å². The van der Waals surface area contributed by atoms with Crippen LogP contribution in [0.1, 0.15) is 12.8 Å². The molecule has 2 nitrogen and oxygen atoms in total. The summed E-state index contributed by atoms with van der Waals surface area (Å²) in [4.78, 5) is 2.54. The van der Waals surface area contributed by atoms with Crippen LogP contribution in [-0.4, -0.2) is 36.5 Å². The van der Waals surface area contributed by atoms with Crippen molar-refractivity contribution in [1.29, 1.82) is 0 Å². The Morgan fingerprint density at radius 3 is 2.82 bits per heavy atom. The topological polar surface area (TPSA) is 12.5 Å². The fourth-order valence-corrected chi connectivity index (χ4v) is 2.77. The Hall–Kier alpha value is -0.540. The average molecular weight is 298 g/mol. The summed E-state index contributed by atoms with van der Waals surface area (Å²) < 4.78 is 5.68. The first-order valence-electron chi connectivity index (χ1n) is 6.34. The summed E-state index contributed by atoms with van der Waals surface area (Å²) in [5, 5.41) is 1.14. The van der Waals surface area contributed by atoms with Crippen molar-refractivity contribution in [2.24, 2.45) is 5.92 Å². The first kappa shape index (κ1) is 12.9. The molecule has 1 aromatic carbocycles.